The van der Waals surface area contributed by atoms with Crippen molar-refractivity contribution < 1.29 is 19.4 Å². The van der Waals surface area contributed by atoms with E-state index in [1.54, 1.807) is 0 Å². The van der Waals surface area contributed by atoms with Crippen LogP contribution in [0.5, 0.6) is 0 Å². The van der Waals surface area contributed by atoms with Crippen molar-refractivity contribution in [3.8, 4) is 0 Å². The number of aryl methyl sites for hydroxylation is 1. The molecule has 0 spiro atoms. The molecule has 0 aromatic heterocycles. The molecule has 0 aliphatic heterocycles. The molecule has 4 nitrogen and oxygen atoms in total. The molecule has 1 fully saturated rings. The van der Waals surface area contributed by atoms with E-state index in [9.17, 15) is 14.7 Å². The van der Waals surface area contributed by atoms with Gasteiger partial charge in [-0.15, -0.1) is 0 Å². The fraction of sp³-hybridized carbons (Fsp3) is 0.529. The Kier molecular flexibility index (Phi) is 4.66. The lowest BCUT2D eigenvalue weighted by Gasteiger charge is -2.32. The zero-order valence-electron chi connectivity index (χ0n) is 12.6. The van der Waals surface area contributed by atoms with Crippen LogP contribution >= 0.6 is 0 Å². The molecule has 0 saturated heterocycles. The number of carboxylic acids is 1. The number of rotatable bonds is 5. The molecule has 21 heavy (non-hydrogen) atoms. The second kappa shape index (κ2) is 6.29. The molecule has 1 atom stereocenters. The van der Waals surface area contributed by atoms with E-state index in [4.69, 9.17) is 4.74 Å². The predicted octanol–water partition coefficient (Wildman–Crippen LogP) is 2.97. The summed E-state index contributed by atoms with van der Waals surface area (Å²) in [7, 11) is 1.27. The SMILES string of the molecule is COC(=O)C(Cc1ccccc1C)(C(=O)O)C1CCCC1. The Morgan fingerprint density at radius 3 is 2.43 bits per heavy atom. The monoisotopic (exact) mass is 290 g/mol. The van der Waals surface area contributed by atoms with Crippen molar-refractivity contribution in [3.63, 3.8) is 0 Å². The highest BCUT2D eigenvalue weighted by atomic mass is 16.5. The van der Waals surface area contributed by atoms with Gasteiger partial charge in [0.1, 0.15) is 0 Å². The summed E-state index contributed by atoms with van der Waals surface area (Å²) in [5, 5.41) is 9.84. The molecule has 1 aliphatic rings. The molecule has 0 heterocycles. The maximum Gasteiger partial charge on any atom is 0.323 e. The summed E-state index contributed by atoms with van der Waals surface area (Å²) >= 11 is 0. The number of methoxy groups -OCH3 is 1. The minimum Gasteiger partial charge on any atom is -0.480 e. The first kappa shape index (κ1) is 15.5. The van der Waals surface area contributed by atoms with E-state index in [2.05, 4.69) is 0 Å². The van der Waals surface area contributed by atoms with Crippen LogP contribution in [-0.2, 0) is 20.7 Å². The molecule has 4 heteroatoms. The lowest BCUT2D eigenvalue weighted by atomic mass is 9.69. The summed E-state index contributed by atoms with van der Waals surface area (Å²) in [6, 6.07) is 7.62. The number of hydrogen-bond acceptors (Lipinski definition) is 3. The highest BCUT2D eigenvalue weighted by Gasteiger charge is 2.54. The van der Waals surface area contributed by atoms with E-state index in [0.29, 0.717) is 0 Å². The molecule has 0 radical (unpaired) electrons. The average Bonchev–Trinajstić information content (AvgIpc) is 3.00. The third-order valence-corrected chi connectivity index (χ3v) is 4.71. The number of aliphatic carboxylic acids is 1. The molecule has 1 aliphatic carbocycles. The zero-order valence-corrected chi connectivity index (χ0v) is 12.6. The molecule has 114 valence electrons. The second-order valence-corrected chi connectivity index (χ2v) is 5.85. The molecule has 0 amide bonds. The van der Waals surface area contributed by atoms with Crippen LogP contribution in [0.1, 0.15) is 36.8 Å². The van der Waals surface area contributed by atoms with Crippen LogP contribution < -0.4 is 0 Å². The van der Waals surface area contributed by atoms with Gasteiger partial charge < -0.3 is 9.84 Å². The Hall–Kier alpha value is -1.84. The number of esters is 1. The first-order chi connectivity index (χ1) is 10.0. The van der Waals surface area contributed by atoms with Crippen LogP contribution in [0.25, 0.3) is 0 Å². The Balaban J connectivity index is 2.46. The fourth-order valence-corrected chi connectivity index (χ4v) is 3.43. The van der Waals surface area contributed by atoms with Crippen molar-refractivity contribution in [1.29, 1.82) is 0 Å². The van der Waals surface area contributed by atoms with Crippen molar-refractivity contribution in [1.82, 2.24) is 0 Å². The summed E-state index contributed by atoms with van der Waals surface area (Å²) in [5.41, 5.74) is 0.444. The van der Waals surface area contributed by atoms with Crippen LogP contribution in [0.4, 0.5) is 0 Å². The predicted molar refractivity (Wildman–Crippen MR) is 78.9 cm³/mol. The van der Waals surface area contributed by atoms with Gasteiger partial charge in [-0.2, -0.15) is 0 Å². The second-order valence-electron chi connectivity index (χ2n) is 5.85. The molecule has 2 rings (SSSR count). The summed E-state index contributed by atoms with van der Waals surface area (Å²) < 4.78 is 4.88. The van der Waals surface area contributed by atoms with Crippen LogP contribution in [-0.4, -0.2) is 24.2 Å². The third-order valence-electron chi connectivity index (χ3n) is 4.71. The Morgan fingerprint density at radius 1 is 1.29 bits per heavy atom. The number of carboxylic acid groups (broad SMARTS) is 1. The normalized spacial score (nSPS) is 18.2. The van der Waals surface area contributed by atoms with Crippen LogP contribution in [0.15, 0.2) is 24.3 Å². The van der Waals surface area contributed by atoms with Crippen molar-refractivity contribution in [3.05, 3.63) is 35.4 Å². The van der Waals surface area contributed by atoms with Gasteiger partial charge in [0.2, 0.25) is 0 Å². The fourth-order valence-electron chi connectivity index (χ4n) is 3.43. The third kappa shape index (κ3) is 2.80. The average molecular weight is 290 g/mol. The van der Waals surface area contributed by atoms with Crippen molar-refractivity contribution in [2.45, 2.75) is 39.0 Å². The highest BCUT2D eigenvalue weighted by Crippen LogP contribution is 2.44. The first-order valence-electron chi connectivity index (χ1n) is 7.38. The smallest absolute Gasteiger partial charge is 0.323 e. The zero-order chi connectivity index (χ0) is 15.5. The quantitative estimate of drug-likeness (QED) is 0.669. The summed E-state index contributed by atoms with van der Waals surface area (Å²) in [5.74, 6) is -1.84. The highest BCUT2D eigenvalue weighted by molar-refractivity contribution is 6.00. The van der Waals surface area contributed by atoms with E-state index in [1.165, 1.54) is 7.11 Å². The minimum absolute atomic E-state index is 0.151. The van der Waals surface area contributed by atoms with Gasteiger partial charge in [-0.05, 0) is 43.2 Å². The van der Waals surface area contributed by atoms with E-state index >= 15 is 0 Å². The Morgan fingerprint density at radius 2 is 1.90 bits per heavy atom. The molecule has 1 aromatic rings. The number of carbonyl (C=O) groups is 2. The van der Waals surface area contributed by atoms with Gasteiger partial charge in [0, 0.05) is 0 Å². The van der Waals surface area contributed by atoms with E-state index < -0.39 is 17.4 Å². The van der Waals surface area contributed by atoms with Gasteiger partial charge in [0.05, 0.1) is 7.11 Å². The summed E-state index contributed by atoms with van der Waals surface area (Å²) in [4.78, 5) is 24.4. The topological polar surface area (TPSA) is 63.6 Å². The summed E-state index contributed by atoms with van der Waals surface area (Å²) in [6.45, 7) is 1.94. The van der Waals surface area contributed by atoms with Crippen molar-refractivity contribution in [2.75, 3.05) is 7.11 Å². The number of benzene rings is 1. The van der Waals surface area contributed by atoms with E-state index in [0.717, 1.165) is 36.8 Å². The van der Waals surface area contributed by atoms with Gasteiger partial charge in [-0.1, -0.05) is 37.1 Å². The van der Waals surface area contributed by atoms with Gasteiger partial charge in [0.25, 0.3) is 0 Å². The summed E-state index contributed by atoms with van der Waals surface area (Å²) in [6.07, 6.45) is 3.70. The number of carbonyl (C=O) groups excluding carboxylic acids is 1. The lowest BCUT2D eigenvalue weighted by molar-refractivity contribution is -0.171. The van der Waals surface area contributed by atoms with Crippen molar-refractivity contribution >= 4 is 11.9 Å². The standard InChI is InChI=1S/C17H22O4/c1-12-7-3-4-8-13(12)11-17(15(18)19,16(20)21-2)14-9-5-6-10-14/h3-4,7-8,14H,5-6,9-11H2,1-2H3,(H,18,19). The first-order valence-corrected chi connectivity index (χ1v) is 7.38. The molecule has 1 N–H and O–H groups in total. The molecule has 0 bridgehead atoms. The van der Waals surface area contributed by atoms with Gasteiger partial charge in [0.15, 0.2) is 5.41 Å². The Bertz CT molecular complexity index is 531. The minimum atomic E-state index is -1.46. The molecular formula is C17H22O4. The van der Waals surface area contributed by atoms with Crippen LogP contribution in [0, 0.1) is 18.3 Å². The van der Waals surface area contributed by atoms with Gasteiger partial charge in [-0.25, -0.2) is 0 Å². The maximum absolute atomic E-state index is 12.4. The van der Waals surface area contributed by atoms with E-state index in [1.807, 2.05) is 31.2 Å². The number of hydrogen-bond donors (Lipinski definition) is 1. The largest absolute Gasteiger partial charge is 0.480 e. The van der Waals surface area contributed by atoms with Crippen LogP contribution in [0.2, 0.25) is 0 Å². The molecular weight excluding hydrogens is 268 g/mol. The Labute approximate surface area is 125 Å². The van der Waals surface area contributed by atoms with Crippen LogP contribution in [0.3, 0.4) is 0 Å². The van der Waals surface area contributed by atoms with Crippen molar-refractivity contribution in [2.24, 2.45) is 11.3 Å². The van der Waals surface area contributed by atoms with Gasteiger partial charge >= 0.3 is 11.9 Å². The maximum atomic E-state index is 12.4. The van der Waals surface area contributed by atoms with E-state index in [-0.39, 0.29) is 12.3 Å². The molecule has 1 unspecified atom stereocenters. The lowest BCUT2D eigenvalue weighted by Crippen LogP contribution is -2.47. The number of ether oxygens (including phenoxy) is 1. The molecule has 1 saturated carbocycles. The molecule has 1 aromatic carbocycles. The van der Waals surface area contributed by atoms with Gasteiger partial charge in [-0.3, -0.25) is 9.59 Å².